The van der Waals surface area contributed by atoms with Crippen molar-refractivity contribution in [2.75, 3.05) is 112 Å². The Balaban J connectivity index is 2.23. The van der Waals surface area contributed by atoms with Gasteiger partial charge in [0.25, 0.3) is 0 Å². The number of nitrogens with zero attached hydrogens (tertiary/aromatic N) is 1. The maximum absolute atomic E-state index is 13.4. The number of aliphatic carboxylic acids is 6. The van der Waals surface area contributed by atoms with Crippen molar-refractivity contribution in [3.63, 3.8) is 0 Å². The predicted octanol–water partition coefficient (Wildman–Crippen LogP) is 2.31. The van der Waals surface area contributed by atoms with Crippen molar-refractivity contribution in [2.24, 2.45) is 40.6 Å². The van der Waals surface area contributed by atoms with E-state index < -0.39 is 199 Å². The number of carboxylic acids is 6. The van der Waals surface area contributed by atoms with Crippen LogP contribution in [-0.4, -0.2) is 300 Å². The van der Waals surface area contributed by atoms with E-state index in [2.05, 4.69) is 47.2 Å². The SMILES string of the molecule is C[C@@H](O)[C@H](NC(=O)[C@H](CCCCNC(=O)CC[C@H](CC(=O)COCCOCCNC(=O)CC[C@H](CC(=O)COCCOCCNC(=O)CC[C@H](CC(=O)COCCOCCNC(=O)CC[C@H](NC(=O)CC[C@H](CC(=O)CCCCCCCCCCCCCCCCC(=O)O)C(=O)O)C(=O)O)C(=O)O)C(=O)O)C(=O)O)NCC(=O)C(C)(C)CC(=O)[C@@H](N)Cc1cnc[nH]1)C(N)=O. The zero-order chi connectivity index (χ0) is 97.0. The van der Waals surface area contributed by atoms with Crippen LogP contribution in [0.25, 0.3) is 0 Å². The van der Waals surface area contributed by atoms with Gasteiger partial charge in [-0.15, -0.1) is 0 Å². The van der Waals surface area contributed by atoms with E-state index in [9.17, 15) is 122 Å². The average Bonchev–Trinajstić information content (AvgIpc) is 0.863. The van der Waals surface area contributed by atoms with E-state index in [0.29, 0.717) is 18.5 Å². The molecule has 1 aromatic heterocycles. The first-order valence-electron chi connectivity index (χ1n) is 44.9. The number of nitrogens with two attached hydrogens (primary N) is 2. The zero-order valence-corrected chi connectivity index (χ0v) is 75.6. The quantitative estimate of drug-likeness (QED) is 0.0416. The summed E-state index contributed by atoms with van der Waals surface area (Å²) in [6.45, 7) is 2.59. The molecule has 19 N–H and O–H groups in total. The van der Waals surface area contributed by atoms with Crippen LogP contribution in [0.5, 0.6) is 0 Å². The molecule has 0 aromatic carbocycles. The van der Waals surface area contributed by atoms with Gasteiger partial charge in [0, 0.05) is 127 Å². The second-order valence-electron chi connectivity index (χ2n) is 32.9. The molecule has 0 saturated heterocycles. The fourth-order valence-electron chi connectivity index (χ4n) is 13.3. The van der Waals surface area contributed by atoms with Crippen LogP contribution >= 0.6 is 0 Å². The van der Waals surface area contributed by atoms with Crippen molar-refractivity contribution < 1.29 is 155 Å². The molecule has 1 heterocycles. The molecule has 43 heteroatoms. The normalized spacial score (nSPS) is 13.5. The number of hydrogen-bond acceptors (Lipinski definition) is 29. The number of rotatable bonds is 88. The highest BCUT2D eigenvalue weighted by Gasteiger charge is 2.35. The summed E-state index contributed by atoms with van der Waals surface area (Å²) in [6, 6.07) is -4.89. The monoisotopic (exact) mass is 1850 g/mol. The number of nitrogens with one attached hydrogen (secondary N) is 8. The molecule has 9 atom stereocenters. The Morgan fingerprint density at radius 3 is 1.15 bits per heavy atom. The Hall–Kier alpha value is -10.0. The molecule has 1 rings (SSSR count). The first-order chi connectivity index (χ1) is 61.8. The number of H-pyrrole nitrogens is 1. The minimum Gasteiger partial charge on any atom is -0.481 e. The molecule has 0 aliphatic carbocycles. The Bertz CT molecular complexity index is 3620. The predicted molar refractivity (Wildman–Crippen MR) is 464 cm³/mol. The lowest BCUT2D eigenvalue weighted by Crippen LogP contribution is -2.56. The van der Waals surface area contributed by atoms with E-state index in [1.165, 1.54) is 32.3 Å². The number of aromatic amines is 1. The van der Waals surface area contributed by atoms with E-state index in [1.807, 2.05) is 0 Å². The van der Waals surface area contributed by atoms with Gasteiger partial charge in [-0.25, -0.2) is 9.78 Å². The van der Waals surface area contributed by atoms with Gasteiger partial charge in [-0.3, -0.25) is 91.6 Å². The molecular formula is C87H143N11O32. The Morgan fingerprint density at radius 2 is 0.785 bits per heavy atom. The number of carbonyl (C=O) groups excluding carboxylic acids is 13. The van der Waals surface area contributed by atoms with Crippen molar-refractivity contribution in [1.29, 1.82) is 0 Å². The lowest BCUT2D eigenvalue weighted by molar-refractivity contribution is -0.145. The minimum absolute atomic E-state index is 0.00191. The number of hydrogen-bond donors (Lipinski definition) is 17. The fraction of sp³-hybridized carbons (Fsp3) is 0.747. The number of carboxylic acid groups (broad SMARTS) is 6. The van der Waals surface area contributed by atoms with Crippen molar-refractivity contribution in [1.82, 2.24) is 47.2 Å². The highest BCUT2D eigenvalue weighted by molar-refractivity contribution is 5.95. The van der Waals surface area contributed by atoms with Gasteiger partial charge < -0.3 is 113 Å². The largest absolute Gasteiger partial charge is 0.481 e. The highest BCUT2D eigenvalue weighted by Crippen LogP contribution is 2.25. The van der Waals surface area contributed by atoms with Gasteiger partial charge in [-0.2, -0.15) is 0 Å². The van der Waals surface area contributed by atoms with Crippen molar-refractivity contribution in [2.45, 2.75) is 276 Å². The molecule has 0 radical (unpaired) electrons. The van der Waals surface area contributed by atoms with Crippen LogP contribution in [0.4, 0.5) is 0 Å². The maximum atomic E-state index is 13.4. The van der Waals surface area contributed by atoms with Gasteiger partial charge in [-0.05, 0) is 71.1 Å². The number of Topliss-reactive ketones (excluding diaryl/α,β-unsaturated/α-hetero) is 6. The van der Waals surface area contributed by atoms with Gasteiger partial charge in [0.15, 0.2) is 28.9 Å². The first kappa shape index (κ1) is 118. The summed E-state index contributed by atoms with van der Waals surface area (Å²) in [4.78, 5) is 242. The number of carbonyl (C=O) groups is 19. The summed E-state index contributed by atoms with van der Waals surface area (Å²) in [7, 11) is 0. The Labute approximate surface area is 757 Å². The van der Waals surface area contributed by atoms with Gasteiger partial charge in [0.05, 0.1) is 114 Å². The summed E-state index contributed by atoms with van der Waals surface area (Å²) in [6.07, 6.45) is 13.2. The molecule has 0 aliphatic rings. The smallest absolute Gasteiger partial charge is 0.326 e. The average molecular weight is 1860 g/mol. The molecule has 43 nitrogen and oxygen atoms in total. The molecule has 130 heavy (non-hydrogen) atoms. The van der Waals surface area contributed by atoms with Crippen LogP contribution in [0.15, 0.2) is 12.5 Å². The number of ether oxygens (including phenoxy) is 6. The number of aliphatic hydroxyl groups excluding tert-OH is 1. The maximum Gasteiger partial charge on any atom is 0.326 e. The van der Waals surface area contributed by atoms with Crippen molar-refractivity contribution in [3.05, 3.63) is 18.2 Å². The van der Waals surface area contributed by atoms with Crippen LogP contribution in [0.3, 0.4) is 0 Å². The lowest BCUT2D eigenvalue weighted by Gasteiger charge is -2.27. The van der Waals surface area contributed by atoms with Gasteiger partial charge in [0.1, 0.15) is 37.7 Å². The molecule has 1 aromatic rings. The molecule has 0 fully saturated rings. The molecule has 0 bridgehead atoms. The topological polar surface area (TPSA) is 686 Å². The van der Waals surface area contributed by atoms with Crippen LogP contribution in [0.1, 0.15) is 245 Å². The third-order valence-electron chi connectivity index (χ3n) is 21.1. The number of amides is 7. The fourth-order valence-corrected chi connectivity index (χ4v) is 13.3. The van der Waals surface area contributed by atoms with Crippen molar-refractivity contribution in [3.8, 4) is 0 Å². The highest BCUT2D eigenvalue weighted by atomic mass is 16.5. The summed E-state index contributed by atoms with van der Waals surface area (Å²) in [5, 5.41) is 85.2. The van der Waals surface area contributed by atoms with E-state index >= 15 is 0 Å². The van der Waals surface area contributed by atoms with Gasteiger partial charge in [-0.1, -0.05) is 90.9 Å². The molecule has 738 valence electrons. The molecule has 0 saturated carbocycles. The number of ketones is 6. The van der Waals surface area contributed by atoms with Crippen LogP contribution in [-0.2, 0) is 126 Å². The summed E-state index contributed by atoms with van der Waals surface area (Å²) < 4.78 is 32.1. The zero-order valence-electron chi connectivity index (χ0n) is 75.6. The number of imidazole rings is 1. The van der Waals surface area contributed by atoms with Crippen LogP contribution in [0.2, 0.25) is 0 Å². The minimum atomic E-state index is -1.45. The van der Waals surface area contributed by atoms with E-state index in [-0.39, 0.29) is 213 Å². The van der Waals surface area contributed by atoms with E-state index in [1.54, 1.807) is 13.8 Å². The van der Waals surface area contributed by atoms with Gasteiger partial charge >= 0.3 is 35.8 Å². The second kappa shape index (κ2) is 71.7. The number of primary amides is 1. The Kier molecular flexibility index (Phi) is 65.1. The summed E-state index contributed by atoms with van der Waals surface area (Å²) in [5.74, 6) is -19.3. The van der Waals surface area contributed by atoms with Crippen LogP contribution in [0, 0.1) is 29.1 Å². The standard InChI is InChI=1S/C87H143N11O32/c1-58(99)79(80(89)113)98-81(114)69(95-53-72(105)87(2,3)51-71(104)68(88)50-63-52-90-57-96-63)21-18-19-33-91-73(106)28-23-60(83(117)118)47-65(101)54-128-43-40-125-37-34-92-74(107)29-24-61(84(119)120)48-66(102)55-129-44-41-126-38-35-93-75(108)30-25-62(85(121)122)49-67(103)56-130-45-42-127-39-36-94-76(109)32-27-70(86(123)124)97-77(110)31-26-59(82(115)116)46-64(100)20-16-14-12-10-8-6-4-5-7-9-11-13-15-17-22-78(111)112/h52,57-62,68-70,79,95,99H,4-51,53-56,88H2,1-3H3,(H2,89,113)(H,90,96)(H,91,106)(H,92,107)(H,93,108)(H,94,109)(H,97,110)(H,98,114)(H,111,112)(H,115,116)(H,117,118)(H,119,120)(H,121,122)(H,123,124)/t58-,59-,60-,61-,62-,68+,69+,70+,79+/m1/s1. The summed E-state index contributed by atoms with van der Waals surface area (Å²) >= 11 is 0. The van der Waals surface area contributed by atoms with Gasteiger partial charge in [0.2, 0.25) is 41.4 Å². The molecule has 7 amide bonds. The number of aromatic nitrogens is 2. The summed E-state index contributed by atoms with van der Waals surface area (Å²) in [5.41, 5.74) is 10.9. The van der Waals surface area contributed by atoms with E-state index in [0.717, 1.165) is 70.6 Å². The molecule has 0 unspecified atom stereocenters. The van der Waals surface area contributed by atoms with Crippen LogP contribution < -0.4 is 48.7 Å². The number of aliphatic hydroxyl groups is 1. The first-order valence-corrected chi connectivity index (χ1v) is 44.9. The lowest BCUT2D eigenvalue weighted by atomic mass is 9.81. The van der Waals surface area contributed by atoms with Crippen molar-refractivity contribution >= 4 is 112 Å². The number of unbranched alkanes of at least 4 members (excludes halogenated alkanes) is 14. The molecular weight excluding hydrogens is 1710 g/mol. The molecule has 0 aliphatic heterocycles. The second-order valence-corrected chi connectivity index (χ2v) is 32.9. The Morgan fingerprint density at radius 1 is 0.415 bits per heavy atom. The van der Waals surface area contributed by atoms with E-state index in [4.69, 9.17) is 45.0 Å². The third kappa shape index (κ3) is 61.5. The molecule has 0 spiro atoms. The third-order valence-corrected chi connectivity index (χ3v) is 21.1.